The van der Waals surface area contributed by atoms with Crippen LogP contribution in [0, 0.1) is 6.92 Å². The molecule has 4 heteroatoms. The molecule has 0 bridgehead atoms. The van der Waals surface area contributed by atoms with E-state index in [0.717, 1.165) is 38.7 Å². The molecule has 1 aromatic heterocycles. The minimum Gasteiger partial charge on any atom is -0.507 e. The Morgan fingerprint density at radius 1 is 0.931 bits per heavy atom. The third-order valence-electron chi connectivity index (χ3n) is 4.95. The Kier molecular flexibility index (Phi) is 4.10. The van der Waals surface area contributed by atoms with Crippen LogP contribution in [0.5, 0.6) is 5.75 Å². The fraction of sp³-hybridized carbons (Fsp3) is 0.0400. The summed E-state index contributed by atoms with van der Waals surface area (Å²) in [6, 6.07) is 25.2. The molecular weight excluding hydrogens is 360 g/mol. The molecule has 5 rings (SSSR count). The molecule has 0 radical (unpaired) electrons. The number of aromatic nitrogens is 1. The Hall–Kier alpha value is -3.92. The topological polar surface area (TPSA) is 58.6 Å². The molecule has 0 amide bonds. The van der Waals surface area contributed by atoms with Gasteiger partial charge in [-0.05, 0) is 65.7 Å². The number of aliphatic imine (C=N–C) groups is 1. The molecule has 4 nitrogen and oxygen atoms in total. The zero-order valence-electron chi connectivity index (χ0n) is 15.8. The van der Waals surface area contributed by atoms with Crippen LogP contribution in [0.15, 0.2) is 88.3 Å². The van der Waals surface area contributed by atoms with Crippen LogP contribution in [-0.4, -0.2) is 16.3 Å². The van der Waals surface area contributed by atoms with E-state index in [4.69, 9.17) is 4.42 Å². The second-order valence-corrected chi connectivity index (χ2v) is 7.01. The fourth-order valence-corrected chi connectivity index (χ4v) is 3.40. The van der Waals surface area contributed by atoms with Crippen molar-refractivity contribution in [3.63, 3.8) is 0 Å². The highest BCUT2D eigenvalue weighted by atomic mass is 16.3. The smallest absolute Gasteiger partial charge is 0.227 e. The van der Waals surface area contributed by atoms with E-state index in [2.05, 4.69) is 9.98 Å². The van der Waals surface area contributed by atoms with Crippen molar-refractivity contribution in [1.29, 1.82) is 0 Å². The summed E-state index contributed by atoms with van der Waals surface area (Å²) >= 11 is 0. The summed E-state index contributed by atoms with van der Waals surface area (Å²) in [5.74, 6) is 0.804. The van der Waals surface area contributed by atoms with Crippen molar-refractivity contribution in [3.05, 3.63) is 90.0 Å². The van der Waals surface area contributed by atoms with Crippen LogP contribution in [0.3, 0.4) is 0 Å². The number of aromatic hydroxyl groups is 1. The van der Waals surface area contributed by atoms with Crippen molar-refractivity contribution < 1.29 is 9.52 Å². The van der Waals surface area contributed by atoms with Crippen molar-refractivity contribution in [2.24, 2.45) is 4.99 Å². The lowest BCUT2D eigenvalue weighted by Gasteiger charge is -2.04. The number of oxazole rings is 1. The Morgan fingerprint density at radius 3 is 2.62 bits per heavy atom. The van der Waals surface area contributed by atoms with E-state index in [1.54, 1.807) is 12.3 Å². The Labute approximate surface area is 167 Å². The van der Waals surface area contributed by atoms with E-state index in [-0.39, 0.29) is 5.75 Å². The molecule has 0 atom stereocenters. The van der Waals surface area contributed by atoms with Crippen LogP contribution in [0.2, 0.25) is 0 Å². The van der Waals surface area contributed by atoms with Crippen molar-refractivity contribution >= 4 is 33.8 Å². The quantitative estimate of drug-likeness (QED) is 0.369. The van der Waals surface area contributed by atoms with Gasteiger partial charge in [-0.2, -0.15) is 0 Å². The highest BCUT2D eigenvalue weighted by Crippen LogP contribution is 2.28. The predicted molar refractivity (Wildman–Crippen MR) is 117 cm³/mol. The molecule has 4 aromatic carbocycles. The molecule has 0 spiro atoms. The first kappa shape index (κ1) is 17.2. The molecule has 0 aliphatic carbocycles. The molecule has 0 aliphatic rings. The van der Waals surface area contributed by atoms with Gasteiger partial charge in [0, 0.05) is 17.3 Å². The van der Waals surface area contributed by atoms with Crippen molar-refractivity contribution in [2.75, 3.05) is 0 Å². The summed E-state index contributed by atoms with van der Waals surface area (Å²) in [4.78, 5) is 9.10. The normalized spacial score (nSPS) is 11.6. The number of aryl methyl sites for hydroxylation is 1. The van der Waals surface area contributed by atoms with E-state index < -0.39 is 0 Å². The van der Waals surface area contributed by atoms with E-state index in [1.807, 2.05) is 79.7 Å². The summed E-state index contributed by atoms with van der Waals surface area (Å²) in [6.45, 7) is 2.03. The maximum atomic E-state index is 10.3. The second kappa shape index (κ2) is 6.91. The van der Waals surface area contributed by atoms with E-state index in [9.17, 15) is 5.11 Å². The number of rotatable bonds is 3. The summed E-state index contributed by atoms with van der Waals surface area (Å²) in [5, 5.41) is 12.3. The molecule has 0 unspecified atom stereocenters. The van der Waals surface area contributed by atoms with Crippen molar-refractivity contribution in [2.45, 2.75) is 6.92 Å². The number of hydrogen-bond acceptors (Lipinski definition) is 4. The van der Waals surface area contributed by atoms with Crippen molar-refractivity contribution in [1.82, 2.24) is 4.98 Å². The number of nitrogens with zero attached hydrogens (tertiary/aromatic N) is 2. The summed E-state index contributed by atoms with van der Waals surface area (Å²) in [6.07, 6.45) is 1.70. The minimum absolute atomic E-state index is 0.214. The SMILES string of the molecule is Cc1ccc2nc(-c3ccc(N=Cc4c(O)ccc5ccccc45)cc3)oc2c1. The minimum atomic E-state index is 0.214. The molecule has 0 saturated heterocycles. The van der Waals surface area contributed by atoms with Gasteiger partial charge in [0.15, 0.2) is 5.58 Å². The standard InChI is InChI=1S/C25H18N2O2/c1-16-6-12-22-24(14-16)29-25(27-22)18-7-10-19(11-8-18)26-15-21-20-5-3-2-4-17(20)9-13-23(21)28/h2-15,28H,1H3. The molecule has 5 aromatic rings. The van der Waals surface area contributed by atoms with Gasteiger partial charge in [-0.25, -0.2) is 4.98 Å². The highest BCUT2D eigenvalue weighted by Gasteiger charge is 2.08. The molecule has 140 valence electrons. The maximum Gasteiger partial charge on any atom is 0.227 e. The van der Waals surface area contributed by atoms with Gasteiger partial charge in [0.05, 0.1) is 5.69 Å². The Morgan fingerprint density at radius 2 is 1.76 bits per heavy atom. The third-order valence-corrected chi connectivity index (χ3v) is 4.95. The van der Waals surface area contributed by atoms with Crippen LogP contribution in [0.25, 0.3) is 33.3 Å². The lowest BCUT2D eigenvalue weighted by atomic mass is 10.0. The van der Waals surface area contributed by atoms with E-state index >= 15 is 0 Å². The molecule has 0 aliphatic heterocycles. The first-order chi connectivity index (χ1) is 14.2. The molecule has 1 N–H and O–H groups in total. The van der Waals surface area contributed by atoms with Crippen LogP contribution < -0.4 is 0 Å². The lowest BCUT2D eigenvalue weighted by Crippen LogP contribution is -1.85. The second-order valence-electron chi connectivity index (χ2n) is 7.01. The summed E-state index contributed by atoms with van der Waals surface area (Å²) in [5.41, 5.74) is 5.16. The molecular formula is C25H18N2O2. The summed E-state index contributed by atoms with van der Waals surface area (Å²) in [7, 11) is 0. The van der Waals surface area contributed by atoms with E-state index in [0.29, 0.717) is 11.5 Å². The number of benzene rings is 4. The first-order valence-corrected chi connectivity index (χ1v) is 9.40. The molecule has 29 heavy (non-hydrogen) atoms. The maximum absolute atomic E-state index is 10.3. The van der Waals surface area contributed by atoms with Crippen LogP contribution in [0.1, 0.15) is 11.1 Å². The third kappa shape index (κ3) is 3.25. The number of phenolic OH excluding ortho intramolecular Hbond substituents is 1. The monoisotopic (exact) mass is 378 g/mol. The van der Waals surface area contributed by atoms with E-state index in [1.165, 1.54) is 0 Å². The Balaban J connectivity index is 1.45. The van der Waals surface area contributed by atoms with Crippen molar-refractivity contribution in [3.8, 4) is 17.2 Å². The van der Waals surface area contributed by atoms with Gasteiger partial charge in [-0.1, -0.05) is 36.4 Å². The average Bonchev–Trinajstić information content (AvgIpc) is 3.16. The van der Waals surface area contributed by atoms with Crippen LogP contribution in [0.4, 0.5) is 5.69 Å². The summed E-state index contributed by atoms with van der Waals surface area (Å²) < 4.78 is 5.89. The molecule has 1 heterocycles. The average molecular weight is 378 g/mol. The van der Waals surface area contributed by atoms with Crippen LogP contribution in [-0.2, 0) is 0 Å². The van der Waals surface area contributed by atoms with Crippen LogP contribution >= 0.6 is 0 Å². The largest absolute Gasteiger partial charge is 0.507 e. The van der Waals surface area contributed by atoms with Gasteiger partial charge in [0.2, 0.25) is 5.89 Å². The van der Waals surface area contributed by atoms with Gasteiger partial charge >= 0.3 is 0 Å². The van der Waals surface area contributed by atoms with Gasteiger partial charge in [-0.3, -0.25) is 4.99 Å². The van der Waals surface area contributed by atoms with Gasteiger partial charge < -0.3 is 9.52 Å². The predicted octanol–water partition coefficient (Wildman–Crippen LogP) is 6.41. The number of phenols is 1. The zero-order valence-corrected chi connectivity index (χ0v) is 15.8. The van der Waals surface area contributed by atoms with Gasteiger partial charge in [-0.15, -0.1) is 0 Å². The number of hydrogen-bond donors (Lipinski definition) is 1. The lowest BCUT2D eigenvalue weighted by molar-refractivity contribution is 0.475. The molecule has 0 fully saturated rings. The molecule has 0 saturated carbocycles. The zero-order chi connectivity index (χ0) is 19.8. The number of fused-ring (bicyclic) bond motifs is 2. The fourth-order valence-electron chi connectivity index (χ4n) is 3.40. The Bertz CT molecular complexity index is 1370. The van der Waals surface area contributed by atoms with Gasteiger partial charge in [0.25, 0.3) is 0 Å². The van der Waals surface area contributed by atoms with Gasteiger partial charge in [0.1, 0.15) is 11.3 Å². The highest BCUT2D eigenvalue weighted by molar-refractivity contribution is 6.03. The first-order valence-electron chi connectivity index (χ1n) is 9.40.